The van der Waals surface area contributed by atoms with Gasteiger partial charge in [-0.1, -0.05) is 30.7 Å². The fourth-order valence-corrected chi connectivity index (χ4v) is 1.23. The molecule has 0 aromatic heterocycles. The van der Waals surface area contributed by atoms with E-state index in [1.54, 1.807) is 13.0 Å². The maximum absolute atomic E-state index is 10.9. The first kappa shape index (κ1) is 14.7. The molecule has 0 N–H and O–H groups in total. The van der Waals surface area contributed by atoms with Gasteiger partial charge in [0.05, 0.1) is 6.61 Å². The maximum atomic E-state index is 10.9. The number of hydrogen-bond acceptors (Lipinski definition) is 2. The Hall–Kier alpha value is -1.31. The molecular weight excluding hydrogens is 200 g/mol. The van der Waals surface area contributed by atoms with Crippen LogP contribution in [0.3, 0.4) is 0 Å². The molecule has 0 spiro atoms. The molecule has 2 nitrogen and oxygen atoms in total. The van der Waals surface area contributed by atoms with Crippen molar-refractivity contribution in [3.63, 3.8) is 0 Å². The molecule has 0 fully saturated rings. The summed E-state index contributed by atoms with van der Waals surface area (Å²) in [6, 6.07) is 0. The standard InChI is InChI=1S/C14H22O2/c1-3-5-6-7-8-9-10-11-12-13-14(15)16-4-2/h3,10-13H,1,4-9H2,2H3. The van der Waals surface area contributed by atoms with Crippen LogP contribution >= 0.6 is 0 Å². The van der Waals surface area contributed by atoms with Crippen LogP contribution in [-0.4, -0.2) is 12.6 Å². The molecule has 16 heavy (non-hydrogen) atoms. The summed E-state index contributed by atoms with van der Waals surface area (Å²) in [5, 5.41) is 0. The molecule has 0 aliphatic carbocycles. The van der Waals surface area contributed by atoms with Crippen molar-refractivity contribution in [1.29, 1.82) is 0 Å². The van der Waals surface area contributed by atoms with E-state index in [1.807, 2.05) is 12.2 Å². The van der Waals surface area contributed by atoms with Gasteiger partial charge in [0, 0.05) is 6.08 Å². The van der Waals surface area contributed by atoms with Crippen molar-refractivity contribution in [2.75, 3.05) is 6.61 Å². The van der Waals surface area contributed by atoms with Crippen LogP contribution in [0.2, 0.25) is 0 Å². The first-order valence-corrected chi connectivity index (χ1v) is 5.92. The summed E-state index contributed by atoms with van der Waals surface area (Å²) >= 11 is 0. The number of allylic oxidation sites excluding steroid dienone is 4. The molecule has 0 aliphatic rings. The van der Waals surface area contributed by atoms with Crippen LogP contribution < -0.4 is 0 Å². The van der Waals surface area contributed by atoms with Crippen LogP contribution in [0.1, 0.15) is 39.0 Å². The minimum absolute atomic E-state index is 0.280. The van der Waals surface area contributed by atoms with Crippen molar-refractivity contribution in [3.8, 4) is 0 Å². The molecule has 2 heteroatoms. The smallest absolute Gasteiger partial charge is 0.330 e. The molecular formula is C14H22O2. The Morgan fingerprint density at radius 2 is 1.94 bits per heavy atom. The number of carbonyl (C=O) groups is 1. The first-order valence-electron chi connectivity index (χ1n) is 5.92. The van der Waals surface area contributed by atoms with E-state index in [2.05, 4.69) is 12.7 Å². The van der Waals surface area contributed by atoms with Crippen LogP contribution in [0.15, 0.2) is 37.0 Å². The Morgan fingerprint density at radius 1 is 1.19 bits per heavy atom. The Kier molecular flexibility index (Phi) is 10.8. The summed E-state index contributed by atoms with van der Waals surface area (Å²) in [7, 11) is 0. The van der Waals surface area contributed by atoms with E-state index in [9.17, 15) is 4.79 Å². The van der Waals surface area contributed by atoms with Gasteiger partial charge < -0.3 is 4.74 Å². The molecule has 0 atom stereocenters. The lowest BCUT2D eigenvalue weighted by Crippen LogP contribution is -1.98. The fraction of sp³-hybridized carbons (Fsp3) is 0.500. The van der Waals surface area contributed by atoms with Crippen LogP contribution in [0.4, 0.5) is 0 Å². The lowest BCUT2D eigenvalue weighted by Gasteiger charge is -1.94. The fourth-order valence-electron chi connectivity index (χ4n) is 1.23. The zero-order valence-electron chi connectivity index (χ0n) is 10.2. The minimum atomic E-state index is -0.280. The third-order valence-electron chi connectivity index (χ3n) is 2.05. The van der Waals surface area contributed by atoms with E-state index in [0.717, 1.165) is 12.8 Å². The molecule has 0 radical (unpaired) electrons. The minimum Gasteiger partial charge on any atom is -0.463 e. The highest BCUT2D eigenvalue weighted by atomic mass is 16.5. The van der Waals surface area contributed by atoms with Gasteiger partial charge in [0.25, 0.3) is 0 Å². The summed E-state index contributed by atoms with van der Waals surface area (Å²) in [6.07, 6.45) is 14.9. The van der Waals surface area contributed by atoms with E-state index in [0.29, 0.717) is 6.61 Å². The highest BCUT2D eigenvalue weighted by Gasteiger charge is 1.90. The van der Waals surface area contributed by atoms with Gasteiger partial charge in [0.15, 0.2) is 0 Å². The summed E-state index contributed by atoms with van der Waals surface area (Å²) in [5.41, 5.74) is 0. The molecule has 90 valence electrons. The lowest BCUT2D eigenvalue weighted by molar-refractivity contribution is -0.137. The van der Waals surface area contributed by atoms with Crippen LogP contribution in [0.25, 0.3) is 0 Å². The predicted molar refractivity (Wildman–Crippen MR) is 68.2 cm³/mol. The molecule has 0 amide bonds. The van der Waals surface area contributed by atoms with E-state index >= 15 is 0 Å². The van der Waals surface area contributed by atoms with E-state index in [-0.39, 0.29) is 5.97 Å². The second-order valence-corrected chi connectivity index (χ2v) is 3.47. The normalized spacial score (nSPS) is 11.1. The highest BCUT2D eigenvalue weighted by Crippen LogP contribution is 2.03. The van der Waals surface area contributed by atoms with Gasteiger partial charge in [-0.15, -0.1) is 6.58 Å². The molecule has 0 aromatic carbocycles. The SMILES string of the molecule is C=CCCCCCC=CC=CC(=O)OCC. The second-order valence-electron chi connectivity index (χ2n) is 3.47. The second kappa shape index (κ2) is 11.8. The predicted octanol–water partition coefficient (Wildman–Crippen LogP) is 3.80. The Balaban J connectivity index is 3.40. The van der Waals surface area contributed by atoms with E-state index < -0.39 is 0 Å². The zero-order chi connectivity index (χ0) is 12.1. The number of hydrogen-bond donors (Lipinski definition) is 0. The zero-order valence-corrected chi connectivity index (χ0v) is 10.2. The average Bonchev–Trinajstić information content (AvgIpc) is 2.27. The average molecular weight is 222 g/mol. The van der Waals surface area contributed by atoms with E-state index in [1.165, 1.54) is 25.3 Å². The topological polar surface area (TPSA) is 26.3 Å². The van der Waals surface area contributed by atoms with Crippen LogP contribution in [-0.2, 0) is 9.53 Å². The number of rotatable bonds is 9. The summed E-state index contributed by atoms with van der Waals surface area (Å²) in [4.78, 5) is 10.9. The lowest BCUT2D eigenvalue weighted by atomic mass is 10.1. The monoisotopic (exact) mass is 222 g/mol. The molecule has 0 heterocycles. The van der Waals surface area contributed by atoms with Gasteiger partial charge in [-0.3, -0.25) is 0 Å². The van der Waals surface area contributed by atoms with Crippen LogP contribution in [0, 0.1) is 0 Å². The van der Waals surface area contributed by atoms with Crippen LogP contribution in [0.5, 0.6) is 0 Å². The van der Waals surface area contributed by atoms with Crippen molar-refractivity contribution in [3.05, 3.63) is 37.0 Å². The third kappa shape index (κ3) is 10.8. The highest BCUT2D eigenvalue weighted by molar-refractivity contribution is 5.82. The maximum Gasteiger partial charge on any atom is 0.330 e. The quantitative estimate of drug-likeness (QED) is 0.195. The molecule has 0 rings (SSSR count). The van der Waals surface area contributed by atoms with Crippen molar-refractivity contribution in [1.82, 2.24) is 0 Å². The molecule has 0 unspecified atom stereocenters. The number of unbranched alkanes of at least 4 members (excludes halogenated alkanes) is 4. The van der Waals surface area contributed by atoms with Crippen molar-refractivity contribution >= 4 is 5.97 Å². The largest absolute Gasteiger partial charge is 0.463 e. The Bertz CT molecular complexity index is 239. The van der Waals surface area contributed by atoms with Crippen molar-refractivity contribution < 1.29 is 9.53 Å². The number of carbonyl (C=O) groups excluding carboxylic acids is 1. The van der Waals surface area contributed by atoms with Crippen molar-refractivity contribution in [2.45, 2.75) is 39.0 Å². The van der Waals surface area contributed by atoms with Crippen molar-refractivity contribution in [2.24, 2.45) is 0 Å². The van der Waals surface area contributed by atoms with E-state index in [4.69, 9.17) is 4.74 Å². The van der Waals surface area contributed by atoms with Gasteiger partial charge >= 0.3 is 5.97 Å². The summed E-state index contributed by atoms with van der Waals surface area (Å²) in [6.45, 7) is 5.91. The number of ether oxygens (including phenoxy) is 1. The molecule has 0 saturated carbocycles. The molecule has 0 aromatic rings. The first-order chi connectivity index (χ1) is 7.81. The molecule has 0 saturated heterocycles. The Labute approximate surface area is 98.7 Å². The summed E-state index contributed by atoms with van der Waals surface area (Å²) < 4.78 is 4.74. The Morgan fingerprint density at radius 3 is 2.62 bits per heavy atom. The third-order valence-corrected chi connectivity index (χ3v) is 2.05. The molecule has 0 aliphatic heterocycles. The van der Waals surface area contributed by atoms with Gasteiger partial charge in [-0.2, -0.15) is 0 Å². The summed E-state index contributed by atoms with van der Waals surface area (Å²) in [5.74, 6) is -0.280. The van der Waals surface area contributed by atoms with Gasteiger partial charge in [-0.05, 0) is 32.6 Å². The number of esters is 1. The van der Waals surface area contributed by atoms with Gasteiger partial charge in [0.2, 0.25) is 0 Å². The van der Waals surface area contributed by atoms with Gasteiger partial charge in [0.1, 0.15) is 0 Å². The molecule has 0 bridgehead atoms. The van der Waals surface area contributed by atoms with Gasteiger partial charge in [-0.25, -0.2) is 4.79 Å².